The fourth-order valence-corrected chi connectivity index (χ4v) is 2.76. The summed E-state index contributed by atoms with van der Waals surface area (Å²) in [5, 5.41) is 35.2. The second-order valence-electron chi connectivity index (χ2n) is 6.87. The van der Waals surface area contributed by atoms with Gasteiger partial charge in [0.15, 0.2) is 23.0 Å². The number of carbonyl (C=O) groups is 4. The Morgan fingerprint density at radius 2 is 1.85 bits per heavy atom. The molecule has 13 nitrogen and oxygen atoms in total. The largest absolute Gasteiger partial charge is 0.595 e. The molecule has 180 valence electrons. The van der Waals surface area contributed by atoms with Crippen LogP contribution in [0, 0.1) is 5.21 Å². The van der Waals surface area contributed by atoms with Gasteiger partial charge in [0.1, 0.15) is 5.69 Å². The Hall–Kier alpha value is -4.33. The maximum atomic E-state index is 12.7. The van der Waals surface area contributed by atoms with Crippen LogP contribution >= 0.6 is 0 Å². The van der Waals surface area contributed by atoms with Crippen molar-refractivity contribution < 1.29 is 39.5 Å². The van der Waals surface area contributed by atoms with Crippen molar-refractivity contribution in [2.24, 2.45) is 10.8 Å². The molecule has 0 radical (unpaired) electrons. The van der Waals surface area contributed by atoms with Gasteiger partial charge in [-0.1, -0.05) is 12.1 Å². The van der Waals surface area contributed by atoms with E-state index in [2.05, 4.69) is 10.4 Å². The van der Waals surface area contributed by atoms with Crippen LogP contribution in [0.5, 0.6) is 11.5 Å². The van der Waals surface area contributed by atoms with Crippen LogP contribution in [0.4, 0.5) is 11.4 Å². The molecular weight excluding hydrogens is 450 g/mol. The number of carbonyl (C=O) groups excluding carboxylic acids is 4. The Bertz CT molecular complexity index is 1120. The van der Waals surface area contributed by atoms with E-state index in [1.807, 2.05) is 5.43 Å². The third-order valence-corrected chi connectivity index (χ3v) is 4.48. The summed E-state index contributed by atoms with van der Waals surface area (Å²) >= 11 is 0. The maximum absolute atomic E-state index is 12.7. The van der Waals surface area contributed by atoms with Gasteiger partial charge in [0.25, 0.3) is 0 Å². The number of para-hydroxylation sites is 2. The normalized spacial score (nSPS) is 11.9. The number of benzene rings is 2. The predicted octanol–water partition coefficient (Wildman–Crippen LogP) is -0.247. The van der Waals surface area contributed by atoms with Crippen LogP contribution in [-0.2, 0) is 14.4 Å². The number of phenolic OH excluding ortho intramolecular Hbond substituents is 1. The van der Waals surface area contributed by atoms with Crippen molar-refractivity contribution in [3.8, 4) is 11.5 Å². The fraction of sp³-hybridized carbons (Fsp3) is 0.190. The standard InChI is InChI=1S/C21H23N5O8/c1-34-18-10-12(6-8-16(18)27)17(28)11-13(24-25-21(31)20(22)30)7-9-19(29)23-14-4-2-3-5-15(14)26(32)33/h2-6,8,10,26-27,32H,7,9,11H2,1H3,(H2,22,30)(H,23,29)(H,25,31)/b24-13-. The van der Waals surface area contributed by atoms with E-state index in [0.717, 1.165) is 0 Å². The number of ether oxygens (including phenoxy) is 1. The van der Waals surface area contributed by atoms with Crippen LogP contribution < -0.4 is 26.4 Å². The molecule has 2 aromatic carbocycles. The topological polar surface area (TPSA) is 208 Å². The highest BCUT2D eigenvalue weighted by atomic mass is 16.8. The number of hydrogen-bond acceptors (Lipinski definition) is 9. The van der Waals surface area contributed by atoms with E-state index in [-0.39, 0.29) is 53.4 Å². The molecule has 0 spiro atoms. The van der Waals surface area contributed by atoms with Gasteiger partial charge in [0.2, 0.25) is 5.91 Å². The van der Waals surface area contributed by atoms with Crippen LogP contribution in [0.3, 0.4) is 0 Å². The summed E-state index contributed by atoms with van der Waals surface area (Å²) < 4.78 is 4.97. The van der Waals surface area contributed by atoms with E-state index in [9.17, 15) is 34.7 Å². The molecule has 2 rings (SSSR count). The lowest BCUT2D eigenvalue weighted by atomic mass is 10.0. The number of aromatic hydroxyl groups is 1. The number of primary amides is 1. The fourth-order valence-electron chi connectivity index (χ4n) is 2.76. The highest BCUT2D eigenvalue weighted by Gasteiger charge is 2.17. The number of Topliss-reactive ketones (excluding diaryl/α,β-unsaturated/α-hetero) is 1. The molecule has 0 aliphatic rings. The van der Waals surface area contributed by atoms with Crippen LogP contribution in [-0.4, -0.2) is 46.6 Å². The number of anilines is 1. The number of phenols is 1. The summed E-state index contributed by atoms with van der Waals surface area (Å²) in [6.45, 7) is 0. The molecule has 34 heavy (non-hydrogen) atoms. The smallest absolute Gasteiger partial charge is 0.329 e. The zero-order valence-corrected chi connectivity index (χ0v) is 18.0. The van der Waals surface area contributed by atoms with Gasteiger partial charge in [-0.15, -0.1) is 0 Å². The van der Waals surface area contributed by atoms with Gasteiger partial charge >= 0.3 is 11.8 Å². The highest BCUT2D eigenvalue weighted by molar-refractivity contribution is 6.34. The average molecular weight is 473 g/mol. The SMILES string of the molecule is COc1cc(C(=O)C/C(CCC(=O)Nc2ccccc2[NH+]([O-])O)=N\NC(=O)C(N)=O)ccc1O. The molecule has 3 amide bonds. The lowest BCUT2D eigenvalue weighted by Crippen LogP contribution is -2.99. The van der Waals surface area contributed by atoms with E-state index >= 15 is 0 Å². The van der Waals surface area contributed by atoms with Crippen LogP contribution in [0.2, 0.25) is 0 Å². The minimum atomic E-state index is -1.29. The van der Waals surface area contributed by atoms with Crippen molar-refractivity contribution in [2.75, 3.05) is 12.4 Å². The molecule has 13 heteroatoms. The molecule has 0 aliphatic carbocycles. The monoisotopic (exact) mass is 473 g/mol. The third kappa shape index (κ3) is 7.37. The molecule has 2 aromatic rings. The Balaban J connectivity index is 2.14. The number of ketones is 1. The lowest BCUT2D eigenvalue weighted by molar-refractivity contribution is -0.990. The van der Waals surface area contributed by atoms with E-state index in [1.54, 1.807) is 6.07 Å². The number of rotatable bonds is 10. The Kier molecular flexibility index (Phi) is 9.19. The molecule has 0 bridgehead atoms. The van der Waals surface area contributed by atoms with E-state index in [1.165, 1.54) is 43.5 Å². The lowest BCUT2D eigenvalue weighted by Gasteiger charge is -2.16. The van der Waals surface area contributed by atoms with Gasteiger partial charge in [-0.2, -0.15) is 10.3 Å². The van der Waals surface area contributed by atoms with Crippen LogP contribution in [0.1, 0.15) is 29.6 Å². The first-order chi connectivity index (χ1) is 16.1. The molecule has 0 heterocycles. The summed E-state index contributed by atoms with van der Waals surface area (Å²) in [5.74, 6) is -3.64. The molecule has 0 aromatic heterocycles. The molecule has 0 saturated carbocycles. The maximum Gasteiger partial charge on any atom is 0.329 e. The molecule has 1 atom stereocenters. The number of hydrazone groups is 1. The van der Waals surface area contributed by atoms with E-state index < -0.39 is 28.7 Å². The number of nitrogens with one attached hydrogen (secondary N) is 3. The number of methoxy groups -OCH3 is 1. The summed E-state index contributed by atoms with van der Waals surface area (Å²) in [4.78, 5) is 47.4. The second kappa shape index (κ2) is 12.1. The second-order valence-corrected chi connectivity index (χ2v) is 6.87. The van der Waals surface area contributed by atoms with Gasteiger partial charge in [0, 0.05) is 23.8 Å². The molecule has 0 saturated heterocycles. The summed E-state index contributed by atoms with van der Waals surface area (Å²) in [6, 6.07) is 9.75. The Morgan fingerprint density at radius 3 is 2.50 bits per heavy atom. The summed E-state index contributed by atoms with van der Waals surface area (Å²) in [7, 11) is 1.32. The van der Waals surface area contributed by atoms with Gasteiger partial charge < -0.3 is 26.1 Å². The van der Waals surface area contributed by atoms with Gasteiger partial charge in [-0.25, -0.2) is 10.6 Å². The van der Waals surface area contributed by atoms with E-state index in [0.29, 0.717) is 0 Å². The number of quaternary nitrogens is 1. The molecule has 1 unspecified atom stereocenters. The minimum Gasteiger partial charge on any atom is -0.595 e. The van der Waals surface area contributed by atoms with Crippen molar-refractivity contribution in [2.45, 2.75) is 19.3 Å². The predicted molar refractivity (Wildman–Crippen MR) is 118 cm³/mol. The van der Waals surface area contributed by atoms with Crippen molar-refractivity contribution in [3.63, 3.8) is 0 Å². The first-order valence-electron chi connectivity index (χ1n) is 9.80. The molecule has 0 fully saturated rings. The van der Waals surface area contributed by atoms with Crippen molar-refractivity contribution in [1.82, 2.24) is 5.43 Å². The van der Waals surface area contributed by atoms with Crippen molar-refractivity contribution in [1.29, 1.82) is 0 Å². The number of hydrogen-bond donors (Lipinski definition) is 6. The molecular formula is C21H23N5O8. The van der Waals surface area contributed by atoms with Gasteiger partial charge in [0.05, 0.1) is 13.5 Å². The average Bonchev–Trinajstić information content (AvgIpc) is 2.80. The molecule has 0 aliphatic heterocycles. The van der Waals surface area contributed by atoms with Crippen molar-refractivity contribution >= 4 is 40.6 Å². The first-order valence-corrected chi connectivity index (χ1v) is 9.80. The summed E-state index contributed by atoms with van der Waals surface area (Å²) in [6.07, 6.45) is -0.668. The third-order valence-electron chi connectivity index (χ3n) is 4.48. The van der Waals surface area contributed by atoms with Gasteiger partial charge in [-0.3, -0.25) is 19.2 Å². The van der Waals surface area contributed by atoms with Gasteiger partial charge in [-0.05, 0) is 30.7 Å². The zero-order chi connectivity index (χ0) is 25.3. The minimum absolute atomic E-state index is 0.0494. The number of amides is 3. The number of nitrogens with zero attached hydrogens (tertiary/aromatic N) is 1. The van der Waals surface area contributed by atoms with E-state index in [4.69, 9.17) is 10.5 Å². The first kappa shape index (κ1) is 25.9. The zero-order valence-electron chi connectivity index (χ0n) is 18.0. The quantitative estimate of drug-likeness (QED) is 0.117. The Morgan fingerprint density at radius 1 is 1.15 bits per heavy atom. The summed E-state index contributed by atoms with van der Waals surface area (Å²) in [5.41, 5.74) is 6.99. The van der Waals surface area contributed by atoms with Crippen LogP contribution in [0.15, 0.2) is 47.6 Å². The molecule has 7 N–H and O–H groups in total. The highest BCUT2D eigenvalue weighted by Crippen LogP contribution is 2.27. The van der Waals surface area contributed by atoms with Crippen molar-refractivity contribution in [3.05, 3.63) is 53.2 Å². The Labute approximate surface area is 193 Å². The number of nitrogens with two attached hydrogens (primary N) is 1. The van der Waals surface area contributed by atoms with Crippen LogP contribution in [0.25, 0.3) is 0 Å².